The summed E-state index contributed by atoms with van der Waals surface area (Å²) >= 11 is 0. The molecule has 0 amide bonds. The minimum atomic E-state index is 1.23. The molecule has 3 aromatic carbocycles. The fraction of sp³-hybridized carbons (Fsp3) is 0.217. The Morgan fingerprint density at radius 3 is 2.00 bits per heavy atom. The van der Waals surface area contributed by atoms with Crippen molar-refractivity contribution in [2.45, 2.75) is 32.6 Å². The quantitative estimate of drug-likeness (QED) is 0.528. The lowest BCUT2D eigenvalue weighted by Crippen LogP contribution is -2.07. The third kappa shape index (κ3) is 2.59. The number of benzene rings is 3. The fourth-order valence-corrected chi connectivity index (χ4v) is 3.94. The van der Waals surface area contributed by atoms with Gasteiger partial charge in [0.2, 0.25) is 0 Å². The average molecular weight is 298 g/mol. The topological polar surface area (TPSA) is 0 Å². The molecule has 0 heterocycles. The molecule has 114 valence electrons. The van der Waals surface area contributed by atoms with Crippen molar-refractivity contribution in [3.8, 4) is 22.3 Å². The van der Waals surface area contributed by atoms with Gasteiger partial charge in [0.15, 0.2) is 0 Å². The van der Waals surface area contributed by atoms with Crippen LogP contribution in [0.25, 0.3) is 22.3 Å². The van der Waals surface area contributed by atoms with E-state index in [1.807, 2.05) is 0 Å². The van der Waals surface area contributed by atoms with Gasteiger partial charge in [0.05, 0.1) is 0 Å². The summed E-state index contributed by atoms with van der Waals surface area (Å²) in [7, 11) is 0. The van der Waals surface area contributed by atoms with E-state index in [1.54, 1.807) is 11.1 Å². The first kappa shape index (κ1) is 14.3. The van der Waals surface area contributed by atoms with E-state index < -0.39 is 0 Å². The van der Waals surface area contributed by atoms with Crippen molar-refractivity contribution in [1.29, 1.82) is 0 Å². The summed E-state index contributed by atoms with van der Waals surface area (Å²) in [4.78, 5) is 0. The van der Waals surface area contributed by atoms with Crippen LogP contribution in [0.2, 0.25) is 0 Å². The lowest BCUT2D eigenvalue weighted by Gasteiger charge is -2.24. The Morgan fingerprint density at radius 1 is 0.696 bits per heavy atom. The molecule has 1 aliphatic rings. The van der Waals surface area contributed by atoms with Gasteiger partial charge in [-0.3, -0.25) is 0 Å². The molecular formula is C23H22. The van der Waals surface area contributed by atoms with Gasteiger partial charge in [-0.15, -0.1) is 0 Å². The van der Waals surface area contributed by atoms with Crippen molar-refractivity contribution < 1.29 is 0 Å². The second-order valence-electron chi connectivity index (χ2n) is 6.50. The zero-order valence-electron chi connectivity index (χ0n) is 13.7. The smallest absolute Gasteiger partial charge is 0.00732 e. The van der Waals surface area contributed by atoms with Crippen molar-refractivity contribution in [2.24, 2.45) is 0 Å². The first-order valence-corrected chi connectivity index (χ1v) is 8.61. The van der Waals surface area contributed by atoms with Crippen LogP contribution in [0.4, 0.5) is 0 Å². The first-order valence-electron chi connectivity index (χ1n) is 8.61. The highest BCUT2D eigenvalue weighted by molar-refractivity contribution is 5.87. The molecule has 23 heavy (non-hydrogen) atoms. The molecule has 0 nitrogen and oxygen atoms in total. The van der Waals surface area contributed by atoms with Crippen LogP contribution in [0, 0.1) is 6.92 Å². The largest absolute Gasteiger partial charge is 0.0622 e. The summed E-state index contributed by atoms with van der Waals surface area (Å²) in [6.07, 6.45) is 5.11. The summed E-state index contributed by atoms with van der Waals surface area (Å²) in [5.41, 5.74) is 10.1. The Morgan fingerprint density at radius 2 is 1.30 bits per heavy atom. The number of fused-ring (bicyclic) bond motifs is 1. The highest BCUT2D eigenvalue weighted by Gasteiger charge is 2.19. The normalized spacial score (nSPS) is 13.6. The van der Waals surface area contributed by atoms with Crippen molar-refractivity contribution >= 4 is 0 Å². The minimum Gasteiger partial charge on any atom is -0.0622 e. The molecule has 0 unspecified atom stereocenters. The summed E-state index contributed by atoms with van der Waals surface area (Å²) < 4.78 is 0. The van der Waals surface area contributed by atoms with Crippen LogP contribution in [-0.4, -0.2) is 0 Å². The first-order chi connectivity index (χ1) is 11.3. The maximum Gasteiger partial charge on any atom is -0.00732 e. The summed E-state index contributed by atoms with van der Waals surface area (Å²) in [6, 6.07) is 24.2. The maximum atomic E-state index is 2.46. The Hall–Kier alpha value is -2.34. The monoisotopic (exact) mass is 298 g/mol. The number of hydrogen-bond acceptors (Lipinski definition) is 0. The molecule has 0 N–H and O–H groups in total. The van der Waals surface area contributed by atoms with Gasteiger partial charge in [-0.1, -0.05) is 66.7 Å². The standard InChI is InChI=1S/C23H22/c1-17-21-15-9-8-14-20(21)16-22(18-10-4-2-5-11-18)23(17)19-12-6-3-7-13-19/h2-7,10-13,16H,8-9,14-15H2,1H3. The molecule has 0 heteroatoms. The van der Waals surface area contributed by atoms with Crippen LogP contribution in [0.15, 0.2) is 66.7 Å². The third-order valence-electron chi connectivity index (χ3n) is 5.07. The van der Waals surface area contributed by atoms with Gasteiger partial charge in [0.25, 0.3) is 0 Å². The van der Waals surface area contributed by atoms with Gasteiger partial charge >= 0.3 is 0 Å². The zero-order valence-corrected chi connectivity index (χ0v) is 13.7. The lowest BCUT2D eigenvalue weighted by atomic mass is 9.81. The Bertz CT molecular complexity index is 814. The predicted octanol–water partition coefficient (Wildman–Crippen LogP) is 6.21. The van der Waals surface area contributed by atoms with E-state index in [1.165, 1.54) is 53.5 Å². The Labute approximate surface area is 138 Å². The van der Waals surface area contributed by atoms with Crippen LogP contribution in [0.3, 0.4) is 0 Å². The highest BCUT2D eigenvalue weighted by Crippen LogP contribution is 2.40. The van der Waals surface area contributed by atoms with Gasteiger partial charge in [-0.05, 0) is 71.6 Å². The highest BCUT2D eigenvalue weighted by atomic mass is 14.2. The molecule has 0 saturated heterocycles. The third-order valence-corrected chi connectivity index (χ3v) is 5.07. The Balaban J connectivity index is 2.02. The molecule has 0 aromatic heterocycles. The van der Waals surface area contributed by atoms with E-state index in [4.69, 9.17) is 0 Å². The maximum absolute atomic E-state index is 2.46. The molecule has 3 aromatic rings. The molecule has 0 atom stereocenters. The molecule has 0 fully saturated rings. The number of hydrogen-bond donors (Lipinski definition) is 0. The molecular weight excluding hydrogens is 276 g/mol. The van der Waals surface area contributed by atoms with Crippen LogP contribution >= 0.6 is 0 Å². The van der Waals surface area contributed by atoms with Gasteiger partial charge < -0.3 is 0 Å². The van der Waals surface area contributed by atoms with Crippen molar-refractivity contribution in [3.05, 3.63) is 83.4 Å². The molecule has 1 aliphatic carbocycles. The second kappa shape index (κ2) is 6.04. The number of aryl methyl sites for hydroxylation is 1. The van der Waals surface area contributed by atoms with Gasteiger partial charge in [0, 0.05) is 0 Å². The van der Waals surface area contributed by atoms with E-state index in [0.717, 1.165) is 0 Å². The van der Waals surface area contributed by atoms with Crippen LogP contribution in [-0.2, 0) is 12.8 Å². The SMILES string of the molecule is Cc1c2c(cc(-c3ccccc3)c1-c1ccccc1)CCCC2. The van der Waals surface area contributed by atoms with Crippen LogP contribution in [0.1, 0.15) is 29.5 Å². The van der Waals surface area contributed by atoms with E-state index in [-0.39, 0.29) is 0 Å². The van der Waals surface area contributed by atoms with Gasteiger partial charge in [0.1, 0.15) is 0 Å². The molecule has 0 aliphatic heterocycles. The molecule has 0 radical (unpaired) electrons. The summed E-state index contributed by atoms with van der Waals surface area (Å²) in [5.74, 6) is 0. The van der Waals surface area contributed by atoms with E-state index >= 15 is 0 Å². The summed E-state index contributed by atoms with van der Waals surface area (Å²) in [6.45, 7) is 2.32. The van der Waals surface area contributed by atoms with E-state index in [9.17, 15) is 0 Å². The Kier molecular flexibility index (Phi) is 3.75. The fourth-order valence-electron chi connectivity index (χ4n) is 3.94. The average Bonchev–Trinajstić information content (AvgIpc) is 2.63. The van der Waals surface area contributed by atoms with E-state index in [0.29, 0.717) is 0 Å². The molecule has 0 spiro atoms. The van der Waals surface area contributed by atoms with Gasteiger partial charge in [-0.2, -0.15) is 0 Å². The predicted molar refractivity (Wildman–Crippen MR) is 98.7 cm³/mol. The van der Waals surface area contributed by atoms with Crippen LogP contribution < -0.4 is 0 Å². The summed E-state index contributed by atoms with van der Waals surface area (Å²) in [5, 5.41) is 0. The lowest BCUT2D eigenvalue weighted by molar-refractivity contribution is 0.682. The second-order valence-corrected chi connectivity index (χ2v) is 6.50. The molecule has 0 bridgehead atoms. The van der Waals surface area contributed by atoms with Crippen molar-refractivity contribution in [1.82, 2.24) is 0 Å². The van der Waals surface area contributed by atoms with Crippen LogP contribution in [0.5, 0.6) is 0 Å². The van der Waals surface area contributed by atoms with E-state index in [2.05, 4.69) is 73.7 Å². The van der Waals surface area contributed by atoms with Crippen molar-refractivity contribution in [2.75, 3.05) is 0 Å². The van der Waals surface area contributed by atoms with Crippen molar-refractivity contribution in [3.63, 3.8) is 0 Å². The minimum absolute atomic E-state index is 1.23. The molecule has 4 rings (SSSR count). The number of rotatable bonds is 2. The zero-order chi connectivity index (χ0) is 15.6. The van der Waals surface area contributed by atoms with Gasteiger partial charge in [-0.25, -0.2) is 0 Å². The molecule has 0 saturated carbocycles.